The van der Waals surface area contributed by atoms with E-state index < -0.39 is 0 Å². The molecule has 3 rings (SSSR count). The van der Waals surface area contributed by atoms with E-state index in [0.29, 0.717) is 13.0 Å². The SMILES string of the molecule is CCCCCCn1c(CNC(=O)CCc2ccccc2)nc2ccccc21. The average Bonchev–Trinajstić information content (AvgIpc) is 3.06. The summed E-state index contributed by atoms with van der Waals surface area (Å²) in [6, 6.07) is 18.3. The van der Waals surface area contributed by atoms with Crippen LogP contribution in [0.25, 0.3) is 11.0 Å². The molecule has 0 aliphatic rings. The topological polar surface area (TPSA) is 46.9 Å². The van der Waals surface area contributed by atoms with Crippen molar-refractivity contribution in [3.63, 3.8) is 0 Å². The highest BCUT2D eigenvalue weighted by atomic mass is 16.1. The second-order valence-corrected chi connectivity index (χ2v) is 6.99. The van der Waals surface area contributed by atoms with Crippen molar-refractivity contribution in [3.05, 3.63) is 66.0 Å². The van der Waals surface area contributed by atoms with Crippen molar-refractivity contribution in [2.75, 3.05) is 0 Å². The van der Waals surface area contributed by atoms with Crippen molar-refractivity contribution in [2.45, 2.75) is 58.5 Å². The average molecular weight is 364 g/mol. The lowest BCUT2D eigenvalue weighted by Gasteiger charge is -2.10. The Hall–Kier alpha value is -2.62. The lowest BCUT2D eigenvalue weighted by atomic mass is 10.1. The standard InChI is InChI=1S/C23H29N3O/c1-2-3-4-10-17-26-21-14-9-8-13-20(21)25-22(26)18-24-23(27)16-15-19-11-6-5-7-12-19/h5-9,11-14H,2-4,10,15-18H2,1H3,(H,24,27). The molecule has 0 aliphatic carbocycles. The van der Waals surface area contributed by atoms with E-state index in [0.717, 1.165) is 36.2 Å². The summed E-state index contributed by atoms with van der Waals surface area (Å²) in [5.41, 5.74) is 3.35. The van der Waals surface area contributed by atoms with E-state index in [1.807, 2.05) is 30.3 Å². The van der Waals surface area contributed by atoms with E-state index in [1.54, 1.807) is 0 Å². The molecule has 0 spiro atoms. The van der Waals surface area contributed by atoms with Crippen LogP contribution in [-0.4, -0.2) is 15.5 Å². The van der Waals surface area contributed by atoms with Gasteiger partial charge in [-0.1, -0.05) is 68.7 Å². The number of aryl methyl sites for hydroxylation is 2. The van der Waals surface area contributed by atoms with Crippen LogP contribution in [0.3, 0.4) is 0 Å². The molecular formula is C23H29N3O. The first-order valence-corrected chi connectivity index (χ1v) is 10.0. The molecule has 0 saturated heterocycles. The Morgan fingerprint density at radius 1 is 1.00 bits per heavy atom. The molecule has 0 radical (unpaired) electrons. The molecule has 0 aliphatic heterocycles. The molecule has 4 heteroatoms. The summed E-state index contributed by atoms with van der Waals surface area (Å²) < 4.78 is 2.27. The van der Waals surface area contributed by atoms with Crippen molar-refractivity contribution < 1.29 is 4.79 Å². The van der Waals surface area contributed by atoms with Gasteiger partial charge in [-0.25, -0.2) is 4.98 Å². The predicted molar refractivity (Wildman–Crippen MR) is 110 cm³/mol. The van der Waals surface area contributed by atoms with Crippen LogP contribution < -0.4 is 5.32 Å². The maximum absolute atomic E-state index is 12.3. The highest BCUT2D eigenvalue weighted by Gasteiger charge is 2.11. The number of aromatic nitrogens is 2. The van der Waals surface area contributed by atoms with E-state index in [9.17, 15) is 4.79 Å². The number of carbonyl (C=O) groups excluding carboxylic acids is 1. The van der Waals surface area contributed by atoms with Gasteiger partial charge in [-0.3, -0.25) is 4.79 Å². The molecule has 0 fully saturated rings. The van der Waals surface area contributed by atoms with Crippen molar-refractivity contribution >= 4 is 16.9 Å². The Labute approximate surface area is 161 Å². The van der Waals surface area contributed by atoms with E-state index in [2.05, 4.69) is 41.1 Å². The number of unbranched alkanes of at least 4 members (excludes halogenated alkanes) is 3. The summed E-state index contributed by atoms with van der Waals surface area (Å²) in [6.45, 7) is 3.66. The molecule has 0 unspecified atom stereocenters. The fourth-order valence-corrected chi connectivity index (χ4v) is 3.38. The minimum atomic E-state index is 0.0726. The van der Waals surface area contributed by atoms with Crippen LogP contribution in [0, 0.1) is 0 Å². The molecule has 27 heavy (non-hydrogen) atoms. The van der Waals surface area contributed by atoms with Gasteiger partial charge in [0.1, 0.15) is 5.82 Å². The van der Waals surface area contributed by atoms with Gasteiger partial charge in [-0.05, 0) is 30.5 Å². The fourth-order valence-electron chi connectivity index (χ4n) is 3.38. The molecule has 0 atom stereocenters. The van der Waals surface area contributed by atoms with Crippen molar-refractivity contribution in [1.82, 2.24) is 14.9 Å². The Morgan fingerprint density at radius 2 is 1.78 bits per heavy atom. The molecule has 1 aromatic heterocycles. The number of hydrogen-bond acceptors (Lipinski definition) is 2. The lowest BCUT2D eigenvalue weighted by molar-refractivity contribution is -0.121. The summed E-state index contributed by atoms with van der Waals surface area (Å²) >= 11 is 0. The van der Waals surface area contributed by atoms with Crippen LogP contribution in [0.15, 0.2) is 54.6 Å². The Balaban J connectivity index is 1.60. The van der Waals surface area contributed by atoms with E-state index in [4.69, 9.17) is 4.98 Å². The molecular weight excluding hydrogens is 334 g/mol. The number of nitrogens with zero attached hydrogens (tertiary/aromatic N) is 2. The number of imidazole rings is 1. The van der Waals surface area contributed by atoms with Gasteiger partial charge in [0, 0.05) is 13.0 Å². The third-order valence-electron chi connectivity index (χ3n) is 4.90. The quantitative estimate of drug-likeness (QED) is 0.523. The number of para-hydroxylation sites is 2. The third-order valence-corrected chi connectivity index (χ3v) is 4.90. The molecule has 142 valence electrons. The molecule has 4 nitrogen and oxygen atoms in total. The highest BCUT2D eigenvalue weighted by Crippen LogP contribution is 2.17. The normalized spacial score (nSPS) is 11.0. The maximum atomic E-state index is 12.3. The lowest BCUT2D eigenvalue weighted by Crippen LogP contribution is -2.25. The van der Waals surface area contributed by atoms with Gasteiger partial charge in [0.2, 0.25) is 5.91 Å². The van der Waals surface area contributed by atoms with Crippen molar-refractivity contribution in [3.8, 4) is 0 Å². The van der Waals surface area contributed by atoms with Gasteiger partial charge in [0.15, 0.2) is 0 Å². The molecule has 1 N–H and O–H groups in total. The largest absolute Gasteiger partial charge is 0.349 e. The molecule has 1 heterocycles. The van der Waals surface area contributed by atoms with Crippen LogP contribution in [0.2, 0.25) is 0 Å². The molecule has 0 saturated carbocycles. The van der Waals surface area contributed by atoms with Crippen molar-refractivity contribution in [2.24, 2.45) is 0 Å². The second kappa shape index (κ2) is 9.91. The first kappa shape index (κ1) is 19.2. The van der Waals surface area contributed by atoms with E-state index >= 15 is 0 Å². The zero-order valence-corrected chi connectivity index (χ0v) is 16.2. The number of rotatable bonds is 10. The van der Waals surface area contributed by atoms with Gasteiger partial charge in [0.05, 0.1) is 17.6 Å². The van der Waals surface area contributed by atoms with Gasteiger partial charge in [-0.15, -0.1) is 0 Å². The number of amides is 1. The van der Waals surface area contributed by atoms with Crippen LogP contribution in [0.1, 0.15) is 50.4 Å². The summed E-state index contributed by atoms with van der Waals surface area (Å²) in [5.74, 6) is 1.02. The Morgan fingerprint density at radius 3 is 2.59 bits per heavy atom. The monoisotopic (exact) mass is 363 g/mol. The molecule has 0 bridgehead atoms. The number of fused-ring (bicyclic) bond motifs is 1. The summed E-state index contributed by atoms with van der Waals surface area (Å²) in [7, 11) is 0. The first-order valence-electron chi connectivity index (χ1n) is 10.0. The summed E-state index contributed by atoms with van der Waals surface area (Å²) in [6.07, 6.45) is 6.13. The third kappa shape index (κ3) is 5.43. The number of hydrogen-bond donors (Lipinski definition) is 1. The van der Waals surface area contributed by atoms with Crippen LogP contribution in [-0.2, 0) is 24.3 Å². The number of carbonyl (C=O) groups is 1. The second-order valence-electron chi connectivity index (χ2n) is 6.99. The number of benzene rings is 2. The summed E-state index contributed by atoms with van der Waals surface area (Å²) in [5, 5.41) is 3.05. The van der Waals surface area contributed by atoms with Gasteiger partial charge in [0.25, 0.3) is 0 Å². The van der Waals surface area contributed by atoms with Crippen molar-refractivity contribution in [1.29, 1.82) is 0 Å². The van der Waals surface area contributed by atoms with Gasteiger partial charge in [-0.2, -0.15) is 0 Å². The van der Waals surface area contributed by atoms with Gasteiger partial charge < -0.3 is 9.88 Å². The van der Waals surface area contributed by atoms with Crippen LogP contribution in [0.5, 0.6) is 0 Å². The zero-order chi connectivity index (χ0) is 18.9. The number of nitrogens with one attached hydrogen (secondary N) is 1. The Bertz CT molecular complexity index is 854. The minimum absolute atomic E-state index is 0.0726. The highest BCUT2D eigenvalue weighted by molar-refractivity contribution is 5.77. The Kier molecular flexibility index (Phi) is 7.03. The van der Waals surface area contributed by atoms with E-state index in [1.165, 1.54) is 24.8 Å². The first-order chi connectivity index (χ1) is 13.3. The maximum Gasteiger partial charge on any atom is 0.220 e. The molecule has 2 aromatic carbocycles. The molecule has 1 amide bonds. The zero-order valence-electron chi connectivity index (χ0n) is 16.2. The minimum Gasteiger partial charge on any atom is -0.349 e. The van der Waals surface area contributed by atoms with Crippen LogP contribution >= 0.6 is 0 Å². The van der Waals surface area contributed by atoms with Crippen LogP contribution in [0.4, 0.5) is 0 Å². The molecule has 3 aromatic rings. The fraction of sp³-hybridized carbons (Fsp3) is 0.391. The van der Waals surface area contributed by atoms with E-state index in [-0.39, 0.29) is 5.91 Å². The van der Waals surface area contributed by atoms with Gasteiger partial charge >= 0.3 is 0 Å². The predicted octanol–water partition coefficient (Wildman–Crippen LogP) is 4.87. The summed E-state index contributed by atoms with van der Waals surface area (Å²) in [4.78, 5) is 17.0. The smallest absolute Gasteiger partial charge is 0.220 e.